The van der Waals surface area contributed by atoms with Crippen LogP contribution in [0.3, 0.4) is 0 Å². The van der Waals surface area contributed by atoms with E-state index in [0.29, 0.717) is 27.9 Å². The van der Waals surface area contributed by atoms with E-state index in [-0.39, 0.29) is 5.75 Å². The number of benzene rings is 2. The van der Waals surface area contributed by atoms with Crippen LogP contribution in [0.1, 0.15) is 0 Å². The van der Waals surface area contributed by atoms with Gasteiger partial charge in [0.2, 0.25) is 0 Å². The van der Waals surface area contributed by atoms with Gasteiger partial charge in [-0.25, -0.2) is 4.79 Å². The monoisotopic (exact) mass is 322 g/mol. The molecule has 0 saturated carbocycles. The van der Waals surface area contributed by atoms with Gasteiger partial charge in [-0.05, 0) is 12.1 Å². The molecule has 0 fully saturated rings. The number of rotatable bonds is 4. The summed E-state index contributed by atoms with van der Waals surface area (Å²) in [6.45, 7) is 0. The van der Waals surface area contributed by atoms with Crippen molar-refractivity contribution in [3.8, 4) is 17.2 Å². The maximum absolute atomic E-state index is 12.0. The second-order valence-corrected chi connectivity index (χ2v) is 4.72. The molecule has 0 heterocycles. The van der Waals surface area contributed by atoms with Crippen molar-refractivity contribution in [2.24, 2.45) is 0 Å². The topological polar surface area (TPSA) is 79.8 Å². The highest BCUT2D eigenvalue weighted by atomic mass is 35.5. The summed E-state index contributed by atoms with van der Waals surface area (Å²) in [6.07, 6.45) is 0. The molecule has 2 amide bonds. The van der Waals surface area contributed by atoms with Crippen LogP contribution >= 0.6 is 11.6 Å². The average Bonchev–Trinajstić information content (AvgIpc) is 2.48. The highest BCUT2D eigenvalue weighted by Gasteiger charge is 2.12. The number of carbonyl (C=O) groups is 1. The zero-order chi connectivity index (χ0) is 16.1. The van der Waals surface area contributed by atoms with Gasteiger partial charge in [0.05, 0.1) is 24.9 Å². The first-order valence-corrected chi connectivity index (χ1v) is 6.70. The summed E-state index contributed by atoms with van der Waals surface area (Å²) in [4.78, 5) is 12.0. The molecular formula is C15H15ClN2O4. The molecule has 2 aromatic rings. The molecule has 0 spiro atoms. The molecule has 2 aromatic carbocycles. The fraction of sp³-hybridized carbons (Fsp3) is 0.133. The lowest BCUT2D eigenvalue weighted by Gasteiger charge is -2.13. The Balaban J connectivity index is 2.17. The molecule has 6 nitrogen and oxygen atoms in total. The summed E-state index contributed by atoms with van der Waals surface area (Å²) in [5.74, 6) is 0.871. The van der Waals surface area contributed by atoms with E-state index in [0.717, 1.165) is 0 Å². The Bertz CT molecular complexity index is 691. The molecule has 0 aliphatic rings. The minimum absolute atomic E-state index is 0.0588. The van der Waals surface area contributed by atoms with Crippen molar-refractivity contribution in [2.45, 2.75) is 0 Å². The zero-order valence-corrected chi connectivity index (χ0v) is 12.8. The van der Waals surface area contributed by atoms with Crippen LogP contribution in [0.4, 0.5) is 16.2 Å². The number of halogens is 1. The molecule has 0 radical (unpaired) electrons. The van der Waals surface area contributed by atoms with Crippen molar-refractivity contribution in [1.29, 1.82) is 0 Å². The smallest absolute Gasteiger partial charge is 0.323 e. The van der Waals surface area contributed by atoms with Crippen LogP contribution in [0, 0.1) is 0 Å². The first-order chi connectivity index (χ1) is 10.5. The first-order valence-electron chi connectivity index (χ1n) is 6.32. The molecule has 0 bridgehead atoms. The molecular weight excluding hydrogens is 308 g/mol. The Hall–Kier alpha value is -2.60. The van der Waals surface area contributed by atoms with E-state index in [9.17, 15) is 9.90 Å². The van der Waals surface area contributed by atoms with Gasteiger partial charge in [-0.1, -0.05) is 17.7 Å². The number of hydrogen-bond donors (Lipinski definition) is 3. The predicted molar refractivity (Wildman–Crippen MR) is 85.3 cm³/mol. The number of phenols is 1. The molecule has 0 unspecified atom stereocenters. The minimum Gasteiger partial charge on any atom is -0.508 e. The lowest BCUT2D eigenvalue weighted by molar-refractivity contribution is 0.262. The molecule has 0 aromatic heterocycles. The maximum Gasteiger partial charge on any atom is 0.323 e. The third-order valence-corrected chi connectivity index (χ3v) is 3.12. The SMILES string of the molecule is COc1cc(NC(=O)Nc2cccc(O)c2)c(OC)cc1Cl. The van der Waals surface area contributed by atoms with E-state index in [4.69, 9.17) is 21.1 Å². The Morgan fingerprint density at radius 3 is 2.45 bits per heavy atom. The second kappa shape index (κ2) is 6.91. The zero-order valence-electron chi connectivity index (χ0n) is 12.0. The summed E-state index contributed by atoms with van der Waals surface area (Å²) in [6, 6.07) is 8.83. The van der Waals surface area contributed by atoms with Gasteiger partial charge >= 0.3 is 6.03 Å². The molecule has 0 aliphatic heterocycles. The van der Waals surface area contributed by atoms with Gasteiger partial charge in [-0.15, -0.1) is 0 Å². The van der Waals surface area contributed by atoms with Crippen LogP contribution in [-0.4, -0.2) is 25.4 Å². The molecule has 7 heteroatoms. The number of urea groups is 1. The van der Waals surface area contributed by atoms with Crippen molar-refractivity contribution in [2.75, 3.05) is 24.9 Å². The van der Waals surface area contributed by atoms with Crippen LogP contribution in [0.15, 0.2) is 36.4 Å². The van der Waals surface area contributed by atoms with Gasteiger partial charge in [0.15, 0.2) is 0 Å². The van der Waals surface area contributed by atoms with Crippen LogP contribution in [0.25, 0.3) is 0 Å². The summed E-state index contributed by atoms with van der Waals surface area (Å²) in [5.41, 5.74) is 0.860. The number of nitrogens with one attached hydrogen (secondary N) is 2. The van der Waals surface area contributed by atoms with E-state index >= 15 is 0 Å². The Kier molecular flexibility index (Phi) is 4.95. The van der Waals surface area contributed by atoms with E-state index in [1.54, 1.807) is 24.3 Å². The molecule has 3 N–H and O–H groups in total. The van der Waals surface area contributed by atoms with Crippen LogP contribution in [0.5, 0.6) is 17.2 Å². The Morgan fingerprint density at radius 2 is 1.82 bits per heavy atom. The highest BCUT2D eigenvalue weighted by Crippen LogP contribution is 2.35. The highest BCUT2D eigenvalue weighted by molar-refractivity contribution is 6.32. The lowest BCUT2D eigenvalue weighted by Crippen LogP contribution is -2.19. The van der Waals surface area contributed by atoms with E-state index in [2.05, 4.69) is 10.6 Å². The summed E-state index contributed by atoms with van der Waals surface area (Å²) in [5, 5.41) is 15.0. The fourth-order valence-corrected chi connectivity index (χ4v) is 2.06. The lowest BCUT2D eigenvalue weighted by atomic mass is 10.2. The standard InChI is InChI=1S/C15H15ClN2O4/c1-21-13-8-12(14(22-2)7-11(13)16)18-15(20)17-9-4-3-5-10(19)6-9/h3-8,19H,1-2H3,(H2,17,18,20). The number of ether oxygens (including phenoxy) is 2. The molecule has 2 rings (SSSR count). The van der Waals surface area contributed by atoms with Crippen molar-refractivity contribution in [3.63, 3.8) is 0 Å². The van der Waals surface area contributed by atoms with Gasteiger partial charge in [-0.2, -0.15) is 0 Å². The number of aromatic hydroxyl groups is 1. The van der Waals surface area contributed by atoms with Gasteiger partial charge in [0.25, 0.3) is 0 Å². The third-order valence-electron chi connectivity index (χ3n) is 2.83. The molecule has 0 aliphatic carbocycles. The molecule has 0 saturated heterocycles. The van der Waals surface area contributed by atoms with E-state index in [1.807, 2.05) is 0 Å². The van der Waals surface area contributed by atoms with Crippen LogP contribution in [-0.2, 0) is 0 Å². The van der Waals surface area contributed by atoms with Gasteiger partial charge in [0.1, 0.15) is 17.2 Å². The number of hydrogen-bond acceptors (Lipinski definition) is 4. The van der Waals surface area contributed by atoms with Crippen molar-refractivity contribution < 1.29 is 19.4 Å². The number of anilines is 2. The van der Waals surface area contributed by atoms with Gasteiger partial charge < -0.3 is 25.2 Å². The van der Waals surface area contributed by atoms with E-state index in [1.165, 1.54) is 26.4 Å². The van der Waals surface area contributed by atoms with Crippen molar-refractivity contribution in [3.05, 3.63) is 41.4 Å². The van der Waals surface area contributed by atoms with Crippen molar-refractivity contribution in [1.82, 2.24) is 0 Å². The number of carbonyl (C=O) groups excluding carboxylic acids is 1. The number of methoxy groups -OCH3 is 2. The number of phenolic OH excluding ortho intramolecular Hbond substituents is 1. The average molecular weight is 323 g/mol. The Morgan fingerprint density at radius 1 is 1.09 bits per heavy atom. The van der Waals surface area contributed by atoms with E-state index < -0.39 is 6.03 Å². The molecule has 116 valence electrons. The summed E-state index contributed by atoms with van der Waals surface area (Å²) < 4.78 is 10.3. The molecule has 0 atom stereocenters. The maximum atomic E-state index is 12.0. The second-order valence-electron chi connectivity index (χ2n) is 4.32. The third kappa shape index (κ3) is 3.73. The largest absolute Gasteiger partial charge is 0.508 e. The first kappa shape index (κ1) is 15.8. The summed E-state index contributed by atoms with van der Waals surface area (Å²) >= 11 is 6.00. The summed E-state index contributed by atoms with van der Waals surface area (Å²) in [7, 11) is 2.95. The van der Waals surface area contributed by atoms with Crippen LogP contribution < -0.4 is 20.1 Å². The van der Waals surface area contributed by atoms with Crippen LogP contribution in [0.2, 0.25) is 5.02 Å². The Labute approximate surface area is 132 Å². The fourth-order valence-electron chi connectivity index (χ4n) is 1.83. The normalized spacial score (nSPS) is 9.95. The molecule has 22 heavy (non-hydrogen) atoms. The van der Waals surface area contributed by atoms with Gasteiger partial charge in [-0.3, -0.25) is 0 Å². The quantitative estimate of drug-likeness (QED) is 0.801. The predicted octanol–water partition coefficient (Wildman–Crippen LogP) is 3.71. The van der Waals surface area contributed by atoms with Crippen molar-refractivity contribution >= 4 is 29.0 Å². The van der Waals surface area contributed by atoms with Gasteiger partial charge in [0, 0.05) is 23.9 Å². The minimum atomic E-state index is -0.492. The number of amides is 2.